The predicted octanol–water partition coefficient (Wildman–Crippen LogP) is 8.15. The second-order valence-electron chi connectivity index (χ2n) is 15.5. The van der Waals surface area contributed by atoms with Gasteiger partial charge in [-0.15, -0.1) is 0 Å². The molecule has 3 fully saturated rings. The van der Waals surface area contributed by atoms with Crippen LogP contribution in [0.2, 0.25) is 0 Å². The SMILES string of the molecule is CCOc1ncc(-c2cc(C(=O)O)ccc2C)cc1N1CCOCC1.CCOc1ncc(-c2cc(C(=O)OC)ccc2C)cc1N1CCOCC1.CCOc1ncc(Br)cc1N1CCOCC1. The van der Waals surface area contributed by atoms with E-state index in [4.69, 9.17) is 33.2 Å². The van der Waals surface area contributed by atoms with Crippen molar-refractivity contribution in [2.24, 2.45) is 0 Å². The number of benzene rings is 2. The minimum absolute atomic E-state index is 0.266. The van der Waals surface area contributed by atoms with Gasteiger partial charge in [0.2, 0.25) is 17.6 Å². The normalized spacial score (nSPS) is 14.8. The summed E-state index contributed by atoms with van der Waals surface area (Å²) in [5, 5.41) is 9.26. The average molecular weight is 986 g/mol. The van der Waals surface area contributed by atoms with Crippen LogP contribution < -0.4 is 28.9 Å². The molecule has 0 spiro atoms. The van der Waals surface area contributed by atoms with E-state index in [1.54, 1.807) is 36.8 Å². The number of carboxylic acid groups (broad SMARTS) is 1. The van der Waals surface area contributed by atoms with Gasteiger partial charge in [-0.2, -0.15) is 0 Å². The van der Waals surface area contributed by atoms with Crippen LogP contribution in [0.5, 0.6) is 17.6 Å². The van der Waals surface area contributed by atoms with E-state index in [9.17, 15) is 14.7 Å². The number of esters is 1. The third-order valence-corrected chi connectivity index (χ3v) is 11.6. The summed E-state index contributed by atoms with van der Waals surface area (Å²) in [7, 11) is 1.39. The van der Waals surface area contributed by atoms with Crippen molar-refractivity contribution in [3.05, 3.63) is 99.9 Å². The van der Waals surface area contributed by atoms with Gasteiger partial charge in [0.25, 0.3) is 0 Å². The van der Waals surface area contributed by atoms with Crippen molar-refractivity contribution >= 4 is 44.9 Å². The number of ether oxygens (including phenoxy) is 7. The van der Waals surface area contributed by atoms with Gasteiger partial charge >= 0.3 is 11.9 Å². The third kappa shape index (κ3) is 13.6. The highest BCUT2D eigenvalue weighted by atomic mass is 79.9. The molecule has 0 radical (unpaired) electrons. The van der Waals surface area contributed by atoms with Crippen LogP contribution in [0.1, 0.15) is 52.6 Å². The molecule has 1 N–H and O–H groups in total. The maximum atomic E-state index is 11.9. The number of aryl methyl sites for hydroxylation is 2. The van der Waals surface area contributed by atoms with Crippen molar-refractivity contribution < 1.29 is 47.9 Å². The third-order valence-electron chi connectivity index (χ3n) is 11.1. The van der Waals surface area contributed by atoms with Gasteiger partial charge in [-0.3, -0.25) is 0 Å². The van der Waals surface area contributed by atoms with Gasteiger partial charge in [-0.25, -0.2) is 24.5 Å². The number of nitrogens with zero attached hydrogens (tertiary/aromatic N) is 6. The summed E-state index contributed by atoms with van der Waals surface area (Å²) >= 11 is 3.44. The number of halogens is 1. The minimum atomic E-state index is -0.937. The number of morpholine rings is 3. The molecule has 358 valence electrons. The molecular formula is C50H61BrN6O10. The Morgan fingerprint density at radius 2 is 0.955 bits per heavy atom. The highest BCUT2D eigenvalue weighted by molar-refractivity contribution is 9.10. The molecule has 3 aliphatic heterocycles. The fourth-order valence-electron chi connectivity index (χ4n) is 7.67. The molecule has 8 rings (SSSR count). The van der Waals surface area contributed by atoms with Crippen molar-refractivity contribution in [2.45, 2.75) is 34.6 Å². The van der Waals surface area contributed by atoms with Crippen molar-refractivity contribution in [3.63, 3.8) is 0 Å². The molecule has 5 aromatic rings. The molecule has 3 aromatic heterocycles. The first-order chi connectivity index (χ1) is 32.5. The summed E-state index contributed by atoms with van der Waals surface area (Å²) in [5.41, 5.74) is 9.42. The molecular weight excluding hydrogens is 924 g/mol. The van der Waals surface area contributed by atoms with E-state index >= 15 is 0 Å². The quantitative estimate of drug-likeness (QED) is 0.112. The van der Waals surface area contributed by atoms with Crippen LogP contribution in [0.25, 0.3) is 22.3 Å². The van der Waals surface area contributed by atoms with E-state index in [0.29, 0.717) is 69.5 Å². The Balaban J connectivity index is 0.000000171. The number of methoxy groups -OCH3 is 1. The van der Waals surface area contributed by atoms with Gasteiger partial charge in [0.05, 0.1) is 77.7 Å². The number of carbonyl (C=O) groups is 2. The van der Waals surface area contributed by atoms with Crippen LogP contribution in [0.15, 0.2) is 77.7 Å². The number of hydrogen-bond acceptors (Lipinski definition) is 15. The lowest BCUT2D eigenvalue weighted by Gasteiger charge is -2.30. The van der Waals surface area contributed by atoms with E-state index in [0.717, 1.165) is 107 Å². The Kier molecular flexibility index (Phi) is 19.0. The first kappa shape index (κ1) is 50.4. The molecule has 2 aromatic carbocycles. The van der Waals surface area contributed by atoms with Crippen molar-refractivity contribution in [3.8, 4) is 39.9 Å². The van der Waals surface area contributed by atoms with E-state index in [1.165, 1.54) is 7.11 Å². The zero-order valence-electron chi connectivity index (χ0n) is 39.2. The molecule has 0 unspecified atom stereocenters. The second-order valence-corrected chi connectivity index (χ2v) is 16.4. The fraction of sp³-hybridized carbons (Fsp3) is 0.420. The number of hydrogen-bond donors (Lipinski definition) is 1. The largest absolute Gasteiger partial charge is 0.478 e. The maximum absolute atomic E-state index is 11.9. The van der Waals surface area contributed by atoms with Crippen LogP contribution in [-0.4, -0.2) is 138 Å². The molecule has 3 aliphatic rings. The number of aromatic nitrogens is 3. The van der Waals surface area contributed by atoms with Gasteiger partial charge < -0.3 is 53.0 Å². The molecule has 0 amide bonds. The summed E-state index contributed by atoms with van der Waals surface area (Å²) < 4.78 is 39.0. The number of carboxylic acids is 1. The van der Waals surface area contributed by atoms with Crippen LogP contribution in [0, 0.1) is 13.8 Å². The van der Waals surface area contributed by atoms with Crippen LogP contribution in [-0.2, 0) is 18.9 Å². The highest BCUT2D eigenvalue weighted by Crippen LogP contribution is 2.36. The molecule has 0 atom stereocenters. The van der Waals surface area contributed by atoms with Crippen molar-refractivity contribution in [2.75, 3.05) is 121 Å². The maximum Gasteiger partial charge on any atom is 0.337 e. The van der Waals surface area contributed by atoms with Gasteiger partial charge in [-0.05, 0) is 115 Å². The Hall–Kier alpha value is -6.01. The average Bonchev–Trinajstić information content (AvgIpc) is 3.36. The number of pyridine rings is 3. The van der Waals surface area contributed by atoms with Crippen LogP contribution in [0.4, 0.5) is 17.1 Å². The Morgan fingerprint density at radius 3 is 1.34 bits per heavy atom. The first-order valence-electron chi connectivity index (χ1n) is 22.6. The van der Waals surface area contributed by atoms with E-state index in [1.807, 2.05) is 65.0 Å². The molecule has 67 heavy (non-hydrogen) atoms. The van der Waals surface area contributed by atoms with Gasteiger partial charge in [0.1, 0.15) is 17.1 Å². The lowest BCUT2D eigenvalue weighted by atomic mass is 9.99. The zero-order chi connectivity index (χ0) is 47.7. The standard InChI is InChI=1S/C20H24N2O4.C19H22N2O4.C11H15BrN2O2/c1-4-26-19-18(22-7-9-25-10-8-22)12-16(13-21-19)17-11-15(20(23)24-3)6-5-14(17)2;1-3-25-18-17(21-6-8-24-9-7-21)11-15(12-20-18)16-10-14(19(22)23)5-4-13(16)2;1-2-16-11-10(7-9(12)8-13-11)14-3-5-15-6-4-14/h5-6,11-13H,4,7-10H2,1-3H3;4-5,10-12H,3,6-9H2,1-2H3,(H,22,23);7-8H,2-6H2,1H3. The molecule has 3 saturated heterocycles. The summed E-state index contributed by atoms with van der Waals surface area (Å²) in [5.74, 6) is 0.639. The monoisotopic (exact) mass is 984 g/mol. The number of aromatic carboxylic acids is 1. The lowest BCUT2D eigenvalue weighted by molar-refractivity contribution is 0.0599. The highest BCUT2D eigenvalue weighted by Gasteiger charge is 2.22. The predicted molar refractivity (Wildman–Crippen MR) is 262 cm³/mol. The van der Waals surface area contributed by atoms with Gasteiger partial charge in [0.15, 0.2) is 0 Å². The lowest BCUT2D eigenvalue weighted by Crippen LogP contribution is -2.36. The second kappa shape index (κ2) is 25.2. The fourth-order valence-corrected chi connectivity index (χ4v) is 7.99. The number of carbonyl (C=O) groups excluding carboxylic acids is 1. The topological polar surface area (TPSA) is 167 Å². The molecule has 6 heterocycles. The zero-order valence-corrected chi connectivity index (χ0v) is 40.8. The summed E-state index contributed by atoms with van der Waals surface area (Å²) in [6.07, 6.45) is 5.29. The Labute approximate surface area is 401 Å². The van der Waals surface area contributed by atoms with Crippen molar-refractivity contribution in [1.82, 2.24) is 15.0 Å². The summed E-state index contributed by atoms with van der Waals surface area (Å²) in [4.78, 5) is 43.1. The summed E-state index contributed by atoms with van der Waals surface area (Å²) in [6.45, 7) is 20.7. The van der Waals surface area contributed by atoms with E-state index in [-0.39, 0.29) is 11.5 Å². The van der Waals surface area contributed by atoms with E-state index < -0.39 is 5.97 Å². The van der Waals surface area contributed by atoms with Crippen LogP contribution in [0.3, 0.4) is 0 Å². The Bertz CT molecular complexity index is 2420. The molecule has 0 saturated carbocycles. The van der Waals surface area contributed by atoms with Crippen LogP contribution >= 0.6 is 15.9 Å². The summed E-state index contributed by atoms with van der Waals surface area (Å²) in [6, 6.07) is 16.8. The first-order valence-corrected chi connectivity index (χ1v) is 23.4. The molecule has 0 aliphatic carbocycles. The number of anilines is 3. The van der Waals surface area contributed by atoms with Gasteiger partial charge in [-0.1, -0.05) is 12.1 Å². The number of rotatable bonds is 13. The molecule has 16 nitrogen and oxygen atoms in total. The van der Waals surface area contributed by atoms with Gasteiger partial charge in [0, 0.05) is 73.5 Å². The minimum Gasteiger partial charge on any atom is -0.478 e. The Morgan fingerprint density at radius 1 is 0.582 bits per heavy atom. The smallest absolute Gasteiger partial charge is 0.337 e. The molecule has 17 heteroatoms. The van der Waals surface area contributed by atoms with Crippen molar-refractivity contribution in [1.29, 1.82) is 0 Å². The molecule has 0 bridgehead atoms. The van der Waals surface area contributed by atoms with E-state index in [2.05, 4.69) is 51.6 Å².